The molecule has 11 heavy (non-hydrogen) atoms. The molecule has 0 radical (unpaired) electrons. The molecule has 0 aromatic carbocycles. The molecule has 2 aromatic heterocycles. The minimum atomic E-state index is 0.911. The highest BCUT2D eigenvalue weighted by Crippen LogP contribution is 2.14. The van der Waals surface area contributed by atoms with E-state index >= 15 is 0 Å². The van der Waals surface area contributed by atoms with Crippen LogP contribution in [0.1, 0.15) is 5.56 Å². The highest BCUT2D eigenvalue weighted by Gasteiger charge is 2.01. The van der Waals surface area contributed by atoms with Crippen LogP contribution >= 0.6 is 22.6 Å². The van der Waals surface area contributed by atoms with E-state index in [2.05, 4.69) is 37.5 Å². The van der Waals surface area contributed by atoms with Gasteiger partial charge in [-0.3, -0.25) is 4.98 Å². The summed E-state index contributed by atoms with van der Waals surface area (Å²) in [6.45, 7) is 2.01. The molecule has 0 saturated carbocycles. The molecule has 1 N–H and O–H groups in total. The summed E-state index contributed by atoms with van der Waals surface area (Å²) in [4.78, 5) is 11.5. The van der Waals surface area contributed by atoms with Crippen LogP contribution in [-0.4, -0.2) is 15.0 Å². The Morgan fingerprint density at radius 3 is 3.00 bits per heavy atom. The van der Waals surface area contributed by atoms with Gasteiger partial charge in [-0.05, 0) is 35.1 Å². The monoisotopic (exact) mass is 259 g/mol. The van der Waals surface area contributed by atoms with Crippen LogP contribution in [0.2, 0.25) is 0 Å². The van der Waals surface area contributed by atoms with Crippen molar-refractivity contribution in [2.75, 3.05) is 0 Å². The molecule has 0 saturated heterocycles. The molecule has 0 aliphatic rings. The number of imidazole rings is 1. The van der Waals surface area contributed by atoms with Gasteiger partial charge in [-0.1, -0.05) is 0 Å². The van der Waals surface area contributed by atoms with Gasteiger partial charge in [0, 0.05) is 6.20 Å². The molecule has 2 rings (SSSR count). The Hall–Kier alpha value is -0.650. The van der Waals surface area contributed by atoms with Crippen molar-refractivity contribution in [3.8, 4) is 0 Å². The van der Waals surface area contributed by atoms with Crippen molar-refractivity contribution in [3.63, 3.8) is 0 Å². The third-order valence-electron chi connectivity index (χ3n) is 1.55. The van der Waals surface area contributed by atoms with E-state index in [0.29, 0.717) is 0 Å². The lowest BCUT2D eigenvalue weighted by molar-refractivity contribution is 1.26. The van der Waals surface area contributed by atoms with Gasteiger partial charge in [0.05, 0.1) is 17.2 Å². The smallest absolute Gasteiger partial charge is 0.169 e. The second-order valence-electron chi connectivity index (χ2n) is 2.38. The summed E-state index contributed by atoms with van der Waals surface area (Å²) in [7, 11) is 0. The molecule has 0 unspecified atom stereocenters. The lowest BCUT2D eigenvalue weighted by Crippen LogP contribution is -1.78. The molecule has 3 nitrogen and oxygen atoms in total. The van der Waals surface area contributed by atoms with Crippen molar-refractivity contribution in [2.45, 2.75) is 6.92 Å². The molecule has 0 aliphatic heterocycles. The lowest BCUT2D eigenvalue weighted by atomic mass is 10.3. The summed E-state index contributed by atoms with van der Waals surface area (Å²) in [5.74, 6) is 0. The van der Waals surface area contributed by atoms with E-state index in [4.69, 9.17) is 0 Å². The summed E-state index contributed by atoms with van der Waals surface area (Å²) in [5, 5.41) is 0. The molecule has 0 spiro atoms. The zero-order chi connectivity index (χ0) is 7.84. The second kappa shape index (κ2) is 2.44. The number of aromatic nitrogens is 3. The predicted molar refractivity (Wildman–Crippen MR) is 51.3 cm³/mol. The summed E-state index contributed by atoms with van der Waals surface area (Å²) in [6.07, 6.45) is 3.61. The predicted octanol–water partition coefficient (Wildman–Crippen LogP) is 1.87. The molecule has 2 heterocycles. The number of fused-ring (bicyclic) bond motifs is 1. The van der Waals surface area contributed by atoms with Crippen molar-refractivity contribution < 1.29 is 0 Å². The first kappa shape index (κ1) is 7.02. The van der Waals surface area contributed by atoms with Gasteiger partial charge in [0.1, 0.15) is 0 Å². The third-order valence-corrected chi connectivity index (χ3v) is 2.06. The number of hydrogen-bond acceptors (Lipinski definition) is 2. The fraction of sp³-hybridized carbons (Fsp3) is 0.143. The van der Waals surface area contributed by atoms with Crippen LogP contribution in [0.4, 0.5) is 0 Å². The summed E-state index contributed by atoms with van der Waals surface area (Å²) in [5.41, 5.74) is 3.14. The number of pyridine rings is 1. The maximum absolute atomic E-state index is 4.30. The third kappa shape index (κ3) is 1.11. The van der Waals surface area contributed by atoms with Crippen molar-refractivity contribution in [1.29, 1.82) is 0 Å². The van der Waals surface area contributed by atoms with E-state index in [0.717, 1.165) is 20.4 Å². The normalized spacial score (nSPS) is 10.7. The molecule has 4 heteroatoms. The van der Waals surface area contributed by atoms with Crippen molar-refractivity contribution >= 4 is 33.6 Å². The van der Waals surface area contributed by atoms with Gasteiger partial charge >= 0.3 is 0 Å². The summed E-state index contributed by atoms with van der Waals surface area (Å²) >= 11 is 2.16. The van der Waals surface area contributed by atoms with Crippen LogP contribution in [0.3, 0.4) is 0 Å². The highest BCUT2D eigenvalue weighted by atomic mass is 127. The Morgan fingerprint density at radius 2 is 2.27 bits per heavy atom. The molecular formula is C7H6IN3. The first-order valence-corrected chi connectivity index (χ1v) is 4.31. The zero-order valence-electron chi connectivity index (χ0n) is 5.93. The number of hydrogen-bond donors (Lipinski definition) is 1. The number of halogens is 1. The first-order valence-electron chi connectivity index (χ1n) is 3.23. The number of rotatable bonds is 0. The van der Waals surface area contributed by atoms with Gasteiger partial charge < -0.3 is 4.98 Å². The number of nitrogens with one attached hydrogen (secondary N) is 1. The van der Waals surface area contributed by atoms with Crippen molar-refractivity contribution in [2.24, 2.45) is 0 Å². The van der Waals surface area contributed by atoms with Gasteiger partial charge in [0.25, 0.3) is 0 Å². The van der Waals surface area contributed by atoms with E-state index in [-0.39, 0.29) is 0 Å². The fourth-order valence-corrected chi connectivity index (χ4v) is 1.57. The molecule has 56 valence electrons. The fourth-order valence-electron chi connectivity index (χ4n) is 1.04. The topological polar surface area (TPSA) is 41.6 Å². The van der Waals surface area contributed by atoms with Gasteiger partial charge in [-0.25, -0.2) is 4.98 Å². The Morgan fingerprint density at radius 1 is 1.45 bits per heavy atom. The van der Waals surface area contributed by atoms with E-state index in [1.54, 1.807) is 6.20 Å². The van der Waals surface area contributed by atoms with Crippen molar-refractivity contribution in [1.82, 2.24) is 15.0 Å². The van der Waals surface area contributed by atoms with Gasteiger partial charge in [-0.15, -0.1) is 0 Å². The van der Waals surface area contributed by atoms with E-state index in [1.807, 2.05) is 13.1 Å². The summed E-state index contributed by atoms with van der Waals surface area (Å²) < 4.78 is 0.911. The van der Waals surface area contributed by atoms with Crippen LogP contribution in [0, 0.1) is 10.8 Å². The standard InChI is InChI=1S/C7H6IN3/c1-4-2-9-3-5-6(4)11-7(8)10-5/h2-3H,1H3,(H,10,11). The first-order chi connectivity index (χ1) is 5.27. The largest absolute Gasteiger partial charge is 0.332 e. The van der Waals surface area contributed by atoms with Crippen LogP contribution < -0.4 is 0 Å². The van der Waals surface area contributed by atoms with E-state index in [1.165, 1.54) is 0 Å². The minimum absolute atomic E-state index is 0.911. The number of aromatic amines is 1. The Kier molecular flexibility index (Phi) is 1.56. The molecule has 0 aliphatic carbocycles. The average molecular weight is 259 g/mol. The molecule has 0 fully saturated rings. The Bertz CT molecular complexity index is 393. The van der Waals surface area contributed by atoms with E-state index < -0.39 is 0 Å². The zero-order valence-corrected chi connectivity index (χ0v) is 8.08. The number of H-pyrrole nitrogens is 1. The average Bonchev–Trinajstić information content (AvgIpc) is 2.31. The number of nitrogens with zero attached hydrogens (tertiary/aromatic N) is 2. The maximum Gasteiger partial charge on any atom is 0.169 e. The quantitative estimate of drug-likeness (QED) is 0.734. The minimum Gasteiger partial charge on any atom is -0.332 e. The Balaban J connectivity index is 2.90. The molecule has 0 bridgehead atoms. The Labute approximate surface area is 77.4 Å². The summed E-state index contributed by atoms with van der Waals surface area (Å²) in [6, 6.07) is 0. The van der Waals surface area contributed by atoms with Crippen LogP contribution in [0.15, 0.2) is 12.4 Å². The SMILES string of the molecule is Cc1cncc2[nH]c(I)nc12. The molecule has 2 aromatic rings. The molecule has 0 amide bonds. The maximum atomic E-state index is 4.30. The van der Waals surface area contributed by atoms with Gasteiger partial charge in [0.2, 0.25) is 0 Å². The van der Waals surface area contributed by atoms with Crippen molar-refractivity contribution in [3.05, 3.63) is 21.8 Å². The van der Waals surface area contributed by atoms with Gasteiger partial charge in [0.15, 0.2) is 3.83 Å². The van der Waals surface area contributed by atoms with Crippen LogP contribution in [0.25, 0.3) is 11.0 Å². The van der Waals surface area contributed by atoms with Crippen LogP contribution in [0.5, 0.6) is 0 Å². The molecular weight excluding hydrogens is 253 g/mol. The second-order valence-corrected chi connectivity index (χ2v) is 3.40. The number of aryl methyl sites for hydroxylation is 1. The van der Waals surface area contributed by atoms with Gasteiger partial charge in [-0.2, -0.15) is 0 Å². The molecule has 0 atom stereocenters. The lowest BCUT2D eigenvalue weighted by Gasteiger charge is -1.89. The van der Waals surface area contributed by atoms with E-state index in [9.17, 15) is 0 Å². The van der Waals surface area contributed by atoms with Crippen LogP contribution in [-0.2, 0) is 0 Å². The highest BCUT2D eigenvalue weighted by molar-refractivity contribution is 14.1.